The van der Waals surface area contributed by atoms with E-state index in [4.69, 9.17) is 4.74 Å². The van der Waals surface area contributed by atoms with Crippen molar-refractivity contribution in [1.82, 2.24) is 25.0 Å². The highest BCUT2D eigenvalue weighted by atomic mass is 32.2. The number of anilines is 2. The summed E-state index contributed by atoms with van der Waals surface area (Å²) in [5, 5.41) is 21.4. The third-order valence-corrected chi connectivity index (χ3v) is 7.06. The maximum Gasteiger partial charge on any atom is 0.286 e. The van der Waals surface area contributed by atoms with Crippen molar-refractivity contribution in [3.8, 4) is 5.69 Å². The Morgan fingerprint density at radius 2 is 1.79 bits per heavy atom. The molecule has 0 atom stereocenters. The van der Waals surface area contributed by atoms with Crippen LogP contribution in [0.3, 0.4) is 0 Å². The zero-order valence-corrected chi connectivity index (χ0v) is 19.6. The standard InChI is InChI=1S/C22H20FN7O2S2/c23-15-6-8-16(9-7-15)24-19(31)20-26-25-18(34-20)14-33-22-28-27-21(29-10-12-32-13-11-29)30(22)17-4-2-1-3-5-17/h1-9H,10-14H2,(H,24,31). The van der Waals surface area contributed by atoms with Crippen LogP contribution in [0.15, 0.2) is 59.8 Å². The molecule has 1 N–H and O–H groups in total. The normalized spacial score (nSPS) is 13.7. The molecule has 12 heteroatoms. The number of benzene rings is 2. The third kappa shape index (κ3) is 5.08. The fraction of sp³-hybridized carbons (Fsp3) is 0.227. The molecule has 1 fully saturated rings. The molecule has 9 nitrogen and oxygen atoms in total. The van der Waals surface area contributed by atoms with Gasteiger partial charge >= 0.3 is 0 Å². The highest BCUT2D eigenvalue weighted by molar-refractivity contribution is 7.98. The van der Waals surface area contributed by atoms with Crippen LogP contribution in [-0.4, -0.2) is 57.2 Å². The van der Waals surface area contributed by atoms with Gasteiger partial charge in [-0.05, 0) is 36.4 Å². The van der Waals surface area contributed by atoms with Crippen molar-refractivity contribution in [1.29, 1.82) is 0 Å². The number of para-hydroxylation sites is 1. The number of rotatable bonds is 7. The fourth-order valence-corrected chi connectivity index (χ4v) is 5.04. The molecule has 1 amide bonds. The molecular weight excluding hydrogens is 477 g/mol. The van der Waals surface area contributed by atoms with E-state index in [0.29, 0.717) is 29.7 Å². The van der Waals surface area contributed by atoms with Crippen molar-refractivity contribution in [2.24, 2.45) is 0 Å². The molecule has 0 saturated carbocycles. The summed E-state index contributed by atoms with van der Waals surface area (Å²) in [4.78, 5) is 14.6. The number of carbonyl (C=O) groups is 1. The van der Waals surface area contributed by atoms with Gasteiger partial charge in [0.25, 0.3) is 5.91 Å². The molecule has 0 aliphatic carbocycles. The van der Waals surface area contributed by atoms with Crippen molar-refractivity contribution in [3.63, 3.8) is 0 Å². The number of amides is 1. The molecule has 34 heavy (non-hydrogen) atoms. The minimum Gasteiger partial charge on any atom is -0.378 e. The second-order valence-corrected chi connectivity index (χ2v) is 9.31. The number of hydrogen-bond donors (Lipinski definition) is 1. The summed E-state index contributed by atoms with van der Waals surface area (Å²) >= 11 is 2.68. The Bertz CT molecular complexity index is 1260. The first kappa shape index (κ1) is 22.4. The van der Waals surface area contributed by atoms with Crippen LogP contribution in [0.4, 0.5) is 16.0 Å². The Kier molecular flexibility index (Phi) is 6.79. The van der Waals surface area contributed by atoms with Crippen LogP contribution in [0, 0.1) is 5.82 Å². The summed E-state index contributed by atoms with van der Waals surface area (Å²) in [6, 6.07) is 15.5. The minimum atomic E-state index is -0.387. The molecule has 0 spiro atoms. The van der Waals surface area contributed by atoms with Crippen molar-refractivity contribution < 1.29 is 13.9 Å². The molecule has 2 aromatic carbocycles. The second kappa shape index (κ2) is 10.3. The third-order valence-electron chi connectivity index (χ3n) is 5.01. The van der Waals surface area contributed by atoms with E-state index >= 15 is 0 Å². The molecule has 5 rings (SSSR count). The predicted octanol–water partition coefficient (Wildman–Crippen LogP) is 3.64. The first-order chi connectivity index (χ1) is 16.7. The molecule has 0 radical (unpaired) electrons. The van der Waals surface area contributed by atoms with E-state index in [1.165, 1.54) is 47.4 Å². The van der Waals surface area contributed by atoms with E-state index in [9.17, 15) is 9.18 Å². The molecule has 1 saturated heterocycles. The number of carbonyl (C=O) groups excluding carboxylic acids is 1. The Morgan fingerprint density at radius 3 is 2.56 bits per heavy atom. The lowest BCUT2D eigenvalue weighted by Crippen LogP contribution is -2.37. The van der Waals surface area contributed by atoms with E-state index < -0.39 is 0 Å². The number of nitrogens with zero attached hydrogens (tertiary/aromatic N) is 6. The number of aromatic nitrogens is 5. The minimum absolute atomic E-state index is 0.235. The number of halogens is 1. The first-order valence-corrected chi connectivity index (χ1v) is 12.3. The van der Waals surface area contributed by atoms with Crippen LogP contribution in [-0.2, 0) is 10.5 Å². The molecule has 1 aliphatic rings. The number of morpholine rings is 1. The Morgan fingerprint density at radius 1 is 1.03 bits per heavy atom. The van der Waals surface area contributed by atoms with E-state index in [0.717, 1.165) is 29.9 Å². The van der Waals surface area contributed by atoms with Gasteiger partial charge in [-0.2, -0.15) is 0 Å². The van der Waals surface area contributed by atoms with Gasteiger partial charge in [0, 0.05) is 18.8 Å². The van der Waals surface area contributed by atoms with Gasteiger partial charge in [-0.1, -0.05) is 41.3 Å². The van der Waals surface area contributed by atoms with Crippen molar-refractivity contribution in [3.05, 3.63) is 70.4 Å². The van der Waals surface area contributed by atoms with Crippen molar-refractivity contribution in [2.75, 3.05) is 36.5 Å². The van der Waals surface area contributed by atoms with Crippen LogP contribution in [0.2, 0.25) is 0 Å². The lowest BCUT2D eigenvalue weighted by molar-refractivity contribution is 0.102. The first-order valence-electron chi connectivity index (χ1n) is 10.5. The Labute approximate surface area is 203 Å². The van der Waals surface area contributed by atoms with Gasteiger partial charge < -0.3 is 15.0 Å². The summed E-state index contributed by atoms with van der Waals surface area (Å²) in [6.45, 7) is 2.80. The van der Waals surface area contributed by atoms with Gasteiger partial charge in [0.05, 0.1) is 24.7 Å². The van der Waals surface area contributed by atoms with E-state index in [1.54, 1.807) is 0 Å². The van der Waals surface area contributed by atoms with E-state index in [2.05, 4.69) is 30.6 Å². The fourth-order valence-electron chi connectivity index (χ4n) is 3.37. The quantitative estimate of drug-likeness (QED) is 0.387. The SMILES string of the molecule is O=C(Nc1ccc(F)cc1)c1nnc(CSc2nnc(N3CCOCC3)n2-c2ccccc2)s1. The maximum atomic E-state index is 13.1. The smallest absolute Gasteiger partial charge is 0.286 e. The van der Waals surface area contributed by atoms with Crippen LogP contribution in [0.5, 0.6) is 0 Å². The molecule has 4 aromatic rings. The number of ether oxygens (including phenoxy) is 1. The topological polar surface area (TPSA) is 98.1 Å². The zero-order valence-electron chi connectivity index (χ0n) is 17.9. The van der Waals surface area contributed by atoms with Crippen LogP contribution < -0.4 is 10.2 Å². The summed E-state index contributed by atoms with van der Waals surface area (Å²) in [5.74, 6) is 0.500. The van der Waals surface area contributed by atoms with Gasteiger partial charge in [-0.3, -0.25) is 9.36 Å². The van der Waals surface area contributed by atoms with Crippen LogP contribution >= 0.6 is 23.1 Å². The largest absolute Gasteiger partial charge is 0.378 e. The number of thioether (sulfide) groups is 1. The van der Waals surface area contributed by atoms with Gasteiger partial charge in [-0.25, -0.2) is 4.39 Å². The molecule has 174 valence electrons. The molecular formula is C22H20FN7O2S2. The van der Waals surface area contributed by atoms with Gasteiger partial charge in [0.15, 0.2) is 5.16 Å². The lowest BCUT2D eigenvalue weighted by atomic mass is 10.3. The molecule has 2 aromatic heterocycles. The van der Waals surface area contributed by atoms with Gasteiger partial charge in [0.2, 0.25) is 11.0 Å². The predicted molar refractivity (Wildman–Crippen MR) is 128 cm³/mol. The summed E-state index contributed by atoms with van der Waals surface area (Å²) in [7, 11) is 0. The zero-order chi connectivity index (χ0) is 23.3. The summed E-state index contributed by atoms with van der Waals surface area (Å²) < 4.78 is 20.6. The van der Waals surface area contributed by atoms with Crippen molar-refractivity contribution >= 4 is 40.6 Å². The van der Waals surface area contributed by atoms with Gasteiger partial charge in [0.1, 0.15) is 10.8 Å². The van der Waals surface area contributed by atoms with Crippen molar-refractivity contribution in [2.45, 2.75) is 10.9 Å². The van der Waals surface area contributed by atoms with Crippen LogP contribution in [0.25, 0.3) is 5.69 Å². The average molecular weight is 498 g/mol. The highest BCUT2D eigenvalue weighted by Crippen LogP contribution is 2.30. The molecule has 0 bridgehead atoms. The second-order valence-electron chi connectivity index (χ2n) is 7.30. The highest BCUT2D eigenvalue weighted by Gasteiger charge is 2.22. The van der Waals surface area contributed by atoms with E-state index in [1.807, 2.05) is 34.9 Å². The average Bonchev–Trinajstić information content (AvgIpc) is 3.53. The monoisotopic (exact) mass is 497 g/mol. The maximum absolute atomic E-state index is 13.1. The summed E-state index contributed by atoms with van der Waals surface area (Å²) in [6.07, 6.45) is 0. The number of nitrogens with one attached hydrogen (secondary N) is 1. The molecule has 3 heterocycles. The Hall–Kier alpha value is -3.35. The molecule has 1 aliphatic heterocycles. The molecule has 0 unspecified atom stereocenters. The summed E-state index contributed by atoms with van der Waals surface area (Å²) in [5.41, 5.74) is 1.46. The number of hydrogen-bond acceptors (Lipinski definition) is 9. The van der Waals surface area contributed by atoms with Gasteiger partial charge in [-0.15, -0.1) is 20.4 Å². The lowest BCUT2D eigenvalue weighted by Gasteiger charge is -2.27. The Balaban J connectivity index is 1.30. The van der Waals surface area contributed by atoms with Crippen LogP contribution in [0.1, 0.15) is 14.8 Å². The van der Waals surface area contributed by atoms with E-state index in [-0.39, 0.29) is 16.7 Å².